The summed E-state index contributed by atoms with van der Waals surface area (Å²) >= 11 is 0. The molecule has 32 heavy (non-hydrogen) atoms. The van der Waals surface area contributed by atoms with Crippen LogP contribution in [0.1, 0.15) is 181 Å². The Kier molecular flexibility index (Phi) is 29.7. The van der Waals surface area contributed by atoms with Gasteiger partial charge in [0.15, 0.2) is 0 Å². The molecular formula is C30H60N2. The minimum atomic E-state index is 1.09. The summed E-state index contributed by atoms with van der Waals surface area (Å²) in [5.41, 5.74) is 0. The number of unbranched alkanes of at least 4 members (excludes halogenated alkanes) is 24. The fourth-order valence-electron chi connectivity index (χ4n) is 4.36. The van der Waals surface area contributed by atoms with Gasteiger partial charge in [0.2, 0.25) is 0 Å². The second-order valence-corrected chi connectivity index (χ2v) is 9.95. The van der Waals surface area contributed by atoms with Gasteiger partial charge in [0.05, 0.1) is 0 Å². The lowest BCUT2D eigenvalue weighted by Crippen LogP contribution is -1.84. The van der Waals surface area contributed by atoms with Crippen molar-refractivity contribution in [2.45, 2.75) is 181 Å². The molecule has 0 saturated carbocycles. The van der Waals surface area contributed by atoms with Gasteiger partial charge in [-0.3, -0.25) is 0 Å². The molecule has 2 heteroatoms. The average Bonchev–Trinajstić information content (AvgIpc) is 2.81. The normalized spacial score (nSPS) is 11.9. The zero-order valence-electron chi connectivity index (χ0n) is 22.4. The van der Waals surface area contributed by atoms with E-state index in [1.165, 1.54) is 154 Å². The molecule has 0 N–H and O–H groups in total. The molecule has 0 aliphatic carbocycles. The van der Waals surface area contributed by atoms with Crippen molar-refractivity contribution in [3.63, 3.8) is 0 Å². The highest BCUT2D eigenvalue weighted by atomic mass is 15.2. The zero-order chi connectivity index (χ0) is 23.2. The van der Waals surface area contributed by atoms with Gasteiger partial charge in [0.25, 0.3) is 0 Å². The third kappa shape index (κ3) is 29.3. The van der Waals surface area contributed by atoms with Crippen molar-refractivity contribution < 1.29 is 0 Å². The van der Waals surface area contributed by atoms with Crippen molar-refractivity contribution in [2.75, 3.05) is 0 Å². The maximum Gasteiger partial charge on any atom is 0.0270 e. The fraction of sp³-hybridized carbons (Fsp3) is 0.933. The molecule has 0 unspecified atom stereocenters. The van der Waals surface area contributed by atoms with Crippen LogP contribution in [0.15, 0.2) is 10.2 Å². The molecule has 0 aromatic rings. The van der Waals surface area contributed by atoms with Gasteiger partial charge >= 0.3 is 0 Å². The maximum absolute atomic E-state index is 4.20. The van der Waals surface area contributed by atoms with Crippen molar-refractivity contribution in [1.82, 2.24) is 0 Å². The molecule has 0 atom stereocenters. The number of nitrogens with zero attached hydrogens (tertiary/aromatic N) is 2. The molecule has 0 aromatic carbocycles. The lowest BCUT2D eigenvalue weighted by atomic mass is 10.0. The van der Waals surface area contributed by atoms with Crippen molar-refractivity contribution in [1.29, 1.82) is 0 Å². The highest BCUT2D eigenvalue weighted by Gasteiger charge is 1.94. The van der Waals surface area contributed by atoms with Gasteiger partial charge < -0.3 is 0 Å². The predicted molar refractivity (Wildman–Crippen MR) is 148 cm³/mol. The van der Waals surface area contributed by atoms with Crippen LogP contribution >= 0.6 is 0 Å². The second-order valence-electron chi connectivity index (χ2n) is 9.95. The highest BCUT2D eigenvalue weighted by Crippen LogP contribution is 2.13. The van der Waals surface area contributed by atoms with Crippen LogP contribution in [0, 0.1) is 0 Å². The predicted octanol–water partition coefficient (Wildman–Crippen LogP) is 11.2. The van der Waals surface area contributed by atoms with Gasteiger partial charge in [0.1, 0.15) is 0 Å². The lowest BCUT2D eigenvalue weighted by Gasteiger charge is -2.02. The van der Waals surface area contributed by atoms with E-state index >= 15 is 0 Å². The molecule has 0 fully saturated rings. The third-order valence-electron chi connectivity index (χ3n) is 6.60. The van der Waals surface area contributed by atoms with Gasteiger partial charge in [-0.05, 0) is 25.7 Å². The molecule has 0 aromatic heterocycles. The molecule has 0 bridgehead atoms. The molecule has 0 aliphatic rings. The Labute approximate surface area is 203 Å². The Morgan fingerprint density at radius 2 is 0.531 bits per heavy atom. The van der Waals surface area contributed by atoms with Gasteiger partial charge in [-0.2, -0.15) is 10.2 Å². The van der Waals surface area contributed by atoms with E-state index in [1.807, 2.05) is 12.4 Å². The molecule has 0 amide bonds. The van der Waals surface area contributed by atoms with Crippen molar-refractivity contribution in [3.05, 3.63) is 0 Å². The van der Waals surface area contributed by atoms with Crippen LogP contribution in [-0.4, -0.2) is 12.4 Å². The quantitative estimate of drug-likeness (QED) is 0.0678. The first-order valence-electron chi connectivity index (χ1n) is 14.9. The van der Waals surface area contributed by atoms with Crippen LogP contribution in [0.5, 0.6) is 0 Å². The largest absolute Gasteiger partial charge is 0.164 e. The summed E-state index contributed by atoms with van der Waals surface area (Å²) in [6.07, 6.45) is 40.0. The summed E-state index contributed by atoms with van der Waals surface area (Å²) in [5.74, 6) is 0. The van der Waals surface area contributed by atoms with E-state index in [-0.39, 0.29) is 0 Å². The van der Waals surface area contributed by atoms with E-state index in [1.54, 1.807) is 0 Å². The SMILES string of the molecule is CCCCCCCCCCCCCCC=NN=CCCCCCCCCCCCCCC. The second kappa shape index (κ2) is 30.3. The van der Waals surface area contributed by atoms with Crippen molar-refractivity contribution >= 4 is 12.4 Å². The first-order valence-corrected chi connectivity index (χ1v) is 14.9. The summed E-state index contributed by atoms with van der Waals surface area (Å²) in [7, 11) is 0. The third-order valence-corrected chi connectivity index (χ3v) is 6.60. The minimum Gasteiger partial charge on any atom is -0.164 e. The van der Waals surface area contributed by atoms with E-state index in [4.69, 9.17) is 0 Å². The summed E-state index contributed by atoms with van der Waals surface area (Å²) in [5, 5.41) is 8.40. The molecule has 0 rings (SSSR count). The van der Waals surface area contributed by atoms with E-state index < -0.39 is 0 Å². The Morgan fingerprint density at radius 3 is 0.781 bits per heavy atom. The molecule has 0 spiro atoms. The summed E-state index contributed by atoms with van der Waals surface area (Å²) in [4.78, 5) is 0. The summed E-state index contributed by atoms with van der Waals surface area (Å²) in [6, 6.07) is 0. The van der Waals surface area contributed by atoms with Crippen molar-refractivity contribution in [2.24, 2.45) is 10.2 Å². The smallest absolute Gasteiger partial charge is 0.0270 e. The van der Waals surface area contributed by atoms with Crippen LogP contribution in [0.4, 0.5) is 0 Å². The molecule has 190 valence electrons. The monoisotopic (exact) mass is 448 g/mol. The Morgan fingerprint density at radius 1 is 0.312 bits per heavy atom. The van der Waals surface area contributed by atoms with E-state index in [2.05, 4.69) is 24.1 Å². The standard InChI is InChI=1S/C30H60N2/c1-3-5-7-9-11-13-15-17-19-21-23-25-27-29-31-32-30-28-26-24-22-20-18-16-14-12-10-8-6-4-2/h29-30H,3-28H2,1-2H3. The summed E-state index contributed by atoms with van der Waals surface area (Å²) < 4.78 is 0. The zero-order valence-corrected chi connectivity index (χ0v) is 22.4. The first kappa shape index (κ1) is 31.3. The molecule has 0 aliphatic heterocycles. The molecule has 0 saturated heterocycles. The summed E-state index contributed by atoms with van der Waals surface area (Å²) in [6.45, 7) is 4.58. The Hall–Kier alpha value is -0.660. The Balaban J connectivity index is 3.14. The van der Waals surface area contributed by atoms with Crippen LogP contribution in [0.2, 0.25) is 0 Å². The van der Waals surface area contributed by atoms with Gasteiger partial charge in [-0.25, -0.2) is 0 Å². The topological polar surface area (TPSA) is 24.7 Å². The first-order chi connectivity index (χ1) is 15.9. The van der Waals surface area contributed by atoms with Gasteiger partial charge in [-0.1, -0.05) is 155 Å². The van der Waals surface area contributed by atoms with Crippen LogP contribution in [-0.2, 0) is 0 Å². The van der Waals surface area contributed by atoms with Crippen LogP contribution in [0.3, 0.4) is 0 Å². The molecule has 0 heterocycles. The average molecular weight is 449 g/mol. The van der Waals surface area contributed by atoms with Crippen LogP contribution < -0.4 is 0 Å². The number of rotatable bonds is 27. The fourth-order valence-corrected chi connectivity index (χ4v) is 4.36. The Bertz CT molecular complexity index is 339. The van der Waals surface area contributed by atoms with E-state index in [9.17, 15) is 0 Å². The molecular weight excluding hydrogens is 388 g/mol. The highest BCUT2D eigenvalue weighted by molar-refractivity contribution is 5.61. The van der Waals surface area contributed by atoms with E-state index in [0.29, 0.717) is 0 Å². The maximum atomic E-state index is 4.20. The van der Waals surface area contributed by atoms with E-state index in [0.717, 1.165) is 12.8 Å². The number of hydrogen-bond acceptors (Lipinski definition) is 2. The van der Waals surface area contributed by atoms with Gasteiger partial charge in [0, 0.05) is 12.4 Å². The van der Waals surface area contributed by atoms with Crippen LogP contribution in [0.25, 0.3) is 0 Å². The van der Waals surface area contributed by atoms with Gasteiger partial charge in [-0.15, -0.1) is 0 Å². The molecule has 0 radical (unpaired) electrons. The van der Waals surface area contributed by atoms with Crippen molar-refractivity contribution in [3.8, 4) is 0 Å². The lowest BCUT2D eigenvalue weighted by molar-refractivity contribution is 0.546. The number of hydrogen-bond donors (Lipinski definition) is 0. The molecule has 2 nitrogen and oxygen atoms in total. The minimum absolute atomic E-state index is 1.09.